The van der Waals surface area contributed by atoms with Gasteiger partial charge in [0.25, 0.3) is 10.0 Å². The third kappa shape index (κ3) is 3.14. The first-order valence-corrected chi connectivity index (χ1v) is 8.23. The van der Waals surface area contributed by atoms with Gasteiger partial charge < -0.3 is 5.73 Å². The molecule has 4 nitrogen and oxygen atoms in total. The summed E-state index contributed by atoms with van der Waals surface area (Å²) in [6, 6.07) is 8.40. The highest BCUT2D eigenvalue weighted by molar-refractivity contribution is 7.92. The largest absolute Gasteiger partial charge is 0.397 e. The Morgan fingerprint density at radius 3 is 2.43 bits per heavy atom. The van der Waals surface area contributed by atoms with E-state index in [4.69, 9.17) is 17.3 Å². The molecule has 0 aliphatic carbocycles. The van der Waals surface area contributed by atoms with Gasteiger partial charge in [-0.05, 0) is 55.7 Å². The molecule has 0 heterocycles. The van der Waals surface area contributed by atoms with Gasteiger partial charge in [-0.25, -0.2) is 8.42 Å². The Bertz CT molecular complexity index is 802. The minimum absolute atomic E-state index is 0.130. The Balaban J connectivity index is 2.48. The molecule has 2 rings (SSSR count). The Hall–Kier alpha value is -1.72. The average molecular weight is 325 g/mol. The van der Waals surface area contributed by atoms with Gasteiger partial charge in [-0.3, -0.25) is 4.72 Å². The number of rotatable bonds is 3. The highest BCUT2D eigenvalue weighted by Crippen LogP contribution is 2.28. The highest BCUT2D eigenvalue weighted by Gasteiger charge is 2.19. The minimum Gasteiger partial charge on any atom is -0.397 e. The number of aryl methyl sites for hydroxylation is 2. The minimum atomic E-state index is -3.71. The van der Waals surface area contributed by atoms with Gasteiger partial charge in [-0.1, -0.05) is 23.7 Å². The van der Waals surface area contributed by atoms with Crippen molar-refractivity contribution in [1.29, 1.82) is 0 Å². The van der Waals surface area contributed by atoms with Gasteiger partial charge >= 0.3 is 0 Å². The lowest BCUT2D eigenvalue weighted by molar-refractivity contribution is 0.600. The molecule has 21 heavy (non-hydrogen) atoms. The van der Waals surface area contributed by atoms with Crippen molar-refractivity contribution in [1.82, 2.24) is 0 Å². The zero-order valence-corrected chi connectivity index (χ0v) is 13.6. The Morgan fingerprint density at radius 2 is 1.76 bits per heavy atom. The molecular formula is C15H17ClN2O2S. The summed E-state index contributed by atoms with van der Waals surface area (Å²) in [4.78, 5) is 0.130. The van der Waals surface area contributed by atoms with Gasteiger partial charge in [-0.2, -0.15) is 0 Å². The van der Waals surface area contributed by atoms with Crippen LogP contribution in [-0.2, 0) is 10.0 Å². The standard InChI is InChI=1S/C15H17ClN2O2S/c1-9-5-4-6-14(11(9)3)18-21(19,20)15-8-13(17)12(16)7-10(15)2/h4-8,18H,17H2,1-3H3. The topological polar surface area (TPSA) is 72.2 Å². The van der Waals surface area contributed by atoms with Crippen LogP contribution in [-0.4, -0.2) is 8.42 Å². The monoisotopic (exact) mass is 324 g/mol. The van der Waals surface area contributed by atoms with E-state index in [2.05, 4.69) is 4.72 Å². The number of hydrogen-bond acceptors (Lipinski definition) is 3. The van der Waals surface area contributed by atoms with E-state index < -0.39 is 10.0 Å². The zero-order valence-electron chi connectivity index (χ0n) is 12.1. The highest BCUT2D eigenvalue weighted by atomic mass is 35.5. The van der Waals surface area contributed by atoms with Crippen LogP contribution in [0.1, 0.15) is 16.7 Å². The lowest BCUT2D eigenvalue weighted by Crippen LogP contribution is -2.15. The molecule has 0 aromatic heterocycles. The summed E-state index contributed by atoms with van der Waals surface area (Å²) in [5.74, 6) is 0. The van der Waals surface area contributed by atoms with E-state index in [0.717, 1.165) is 11.1 Å². The maximum atomic E-state index is 12.5. The number of sulfonamides is 1. The molecule has 6 heteroatoms. The van der Waals surface area contributed by atoms with Gasteiger partial charge in [0, 0.05) is 0 Å². The van der Waals surface area contributed by atoms with Gasteiger partial charge in [0.2, 0.25) is 0 Å². The number of nitrogens with one attached hydrogen (secondary N) is 1. The van der Waals surface area contributed by atoms with Crippen LogP contribution in [0.4, 0.5) is 11.4 Å². The summed E-state index contributed by atoms with van der Waals surface area (Å²) in [7, 11) is -3.71. The lowest BCUT2D eigenvalue weighted by atomic mass is 10.1. The summed E-state index contributed by atoms with van der Waals surface area (Å²) < 4.78 is 27.7. The van der Waals surface area contributed by atoms with Crippen LogP contribution in [0.2, 0.25) is 5.02 Å². The third-order valence-electron chi connectivity index (χ3n) is 3.43. The van der Waals surface area contributed by atoms with Crippen LogP contribution >= 0.6 is 11.6 Å². The molecule has 0 radical (unpaired) electrons. The van der Waals surface area contributed by atoms with Gasteiger partial charge in [0.05, 0.1) is 21.3 Å². The number of hydrogen-bond donors (Lipinski definition) is 2. The van der Waals surface area contributed by atoms with E-state index in [1.54, 1.807) is 19.1 Å². The van der Waals surface area contributed by atoms with E-state index in [1.165, 1.54) is 6.07 Å². The molecule has 0 fully saturated rings. The van der Waals surface area contributed by atoms with Crippen LogP contribution in [0.25, 0.3) is 0 Å². The van der Waals surface area contributed by atoms with Crippen molar-refractivity contribution in [2.45, 2.75) is 25.7 Å². The molecule has 0 bridgehead atoms. The Labute approximate surface area is 130 Å². The fraction of sp³-hybridized carbons (Fsp3) is 0.200. The molecule has 0 aliphatic heterocycles. The summed E-state index contributed by atoms with van der Waals surface area (Å²) in [5.41, 5.74) is 8.96. The second-order valence-corrected chi connectivity index (χ2v) is 7.05. The van der Waals surface area contributed by atoms with Gasteiger partial charge in [0.1, 0.15) is 0 Å². The number of nitrogens with two attached hydrogens (primary N) is 1. The van der Waals surface area contributed by atoms with Crippen molar-refractivity contribution in [2.75, 3.05) is 10.5 Å². The quantitative estimate of drug-likeness (QED) is 0.846. The molecular weight excluding hydrogens is 308 g/mol. The SMILES string of the molecule is Cc1cc(Cl)c(N)cc1S(=O)(=O)Nc1cccc(C)c1C. The normalized spacial score (nSPS) is 11.4. The molecule has 0 amide bonds. The number of anilines is 2. The predicted molar refractivity (Wildman–Crippen MR) is 87.3 cm³/mol. The maximum absolute atomic E-state index is 12.5. The lowest BCUT2D eigenvalue weighted by Gasteiger charge is -2.14. The second-order valence-electron chi connectivity index (χ2n) is 4.99. The van der Waals surface area contributed by atoms with Crippen LogP contribution in [0.5, 0.6) is 0 Å². The molecule has 0 unspecified atom stereocenters. The first kappa shape index (κ1) is 15.7. The van der Waals surface area contributed by atoms with E-state index in [0.29, 0.717) is 16.3 Å². The predicted octanol–water partition coefficient (Wildman–Crippen LogP) is 3.65. The molecule has 3 N–H and O–H groups in total. The molecule has 112 valence electrons. The van der Waals surface area contributed by atoms with Crippen LogP contribution in [0.15, 0.2) is 35.2 Å². The van der Waals surface area contributed by atoms with Crippen molar-refractivity contribution >= 4 is 33.0 Å². The van der Waals surface area contributed by atoms with Crippen molar-refractivity contribution in [2.24, 2.45) is 0 Å². The molecule has 0 spiro atoms. The van der Waals surface area contributed by atoms with Gasteiger partial charge in [0.15, 0.2) is 0 Å². The number of halogens is 1. The third-order valence-corrected chi connectivity index (χ3v) is 5.27. The van der Waals surface area contributed by atoms with Gasteiger partial charge in [-0.15, -0.1) is 0 Å². The van der Waals surface area contributed by atoms with Crippen molar-refractivity contribution in [3.63, 3.8) is 0 Å². The van der Waals surface area contributed by atoms with Crippen molar-refractivity contribution in [3.8, 4) is 0 Å². The van der Waals surface area contributed by atoms with E-state index >= 15 is 0 Å². The van der Waals surface area contributed by atoms with Crippen LogP contribution in [0, 0.1) is 20.8 Å². The Morgan fingerprint density at radius 1 is 1.10 bits per heavy atom. The number of benzene rings is 2. The summed E-state index contributed by atoms with van der Waals surface area (Å²) >= 11 is 5.90. The molecule has 0 saturated carbocycles. The molecule has 0 saturated heterocycles. The van der Waals surface area contributed by atoms with Crippen LogP contribution in [0.3, 0.4) is 0 Å². The van der Waals surface area contributed by atoms with E-state index in [-0.39, 0.29) is 10.6 Å². The first-order valence-electron chi connectivity index (χ1n) is 6.37. The van der Waals surface area contributed by atoms with E-state index in [1.807, 2.05) is 26.0 Å². The van der Waals surface area contributed by atoms with E-state index in [9.17, 15) is 8.42 Å². The molecule has 0 atom stereocenters. The maximum Gasteiger partial charge on any atom is 0.262 e. The smallest absolute Gasteiger partial charge is 0.262 e. The summed E-state index contributed by atoms with van der Waals surface area (Å²) in [5, 5.41) is 0.346. The van der Waals surface area contributed by atoms with Crippen molar-refractivity contribution < 1.29 is 8.42 Å². The molecule has 2 aromatic rings. The Kier molecular flexibility index (Phi) is 4.16. The first-order chi connectivity index (χ1) is 9.72. The fourth-order valence-electron chi connectivity index (χ4n) is 2.02. The summed E-state index contributed by atoms with van der Waals surface area (Å²) in [6.45, 7) is 5.48. The number of nitrogen functional groups attached to an aromatic ring is 1. The van der Waals surface area contributed by atoms with Crippen molar-refractivity contribution in [3.05, 3.63) is 52.0 Å². The molecule has 2 aromatic carbocycles. The average Bonchev–Trinajstić information content (AvgIpc) is 2.39. The summed E-state index contributed by atoms with van der Waals surface area (Å²) in [6.07, 6.45) is 0. The molecule has 0 aliphatic rings. The van der Waals surface area contributed by atoms with Crippen LogP contribution < -0.4 is 10.5 Å². The zero-order chi connectivity index (χ0) is 15.8. The second kappa shape index (κ2) is 5.58. The fourth-order valence-corrected chi connectivity index (χ4v) is 3.62.